The van der Waals surface area contributed by atoms with E-state index in [9.17, 15) is 9.59 Å². The number of nitrogens with one attached hydrogen (secondary N) is 1. The van der Waals surface area contributed by atoms with E-state index < -0.39 is 5.41 Å². The van der Waals surface area contributed by atoms with Crippen molar-refractivity contribution in [2.24, 2.45) is 11.3 Å². The molecule has 1 aliphatic rings. The van der Waals surface area contributed by atoms with Gasteiger partial charge in [-0.05, 0) is 25.0 Å². The predicted molar refractivity (Wildman–Crippen MR) is 118 cm³/mol. The Morgan fingerprint density at radius 2 is 1.77 bits per heavy atom. The summed E-state index contributed by atoms with van der Waals surface area (Å²) in [6.45, 7) is 6.99. The molecule has 30 heavy (non-hydrogen) atoms. The van der Waals surface area contributed by atoms with Crippen LogP contribution in [0, 0.1) is 11.3 Å². The Hall–Kier alpha value is -3.02. The van der Waals surface area contributed by atoms with Crippen molar-refractivity contribution in [1.29, 1.82) is 0 Å². The number of rotatable bonds is 3. The third kappa shape index (κ3) is 3.74. The van der Waals surface area contributed by atoms with Gasteiger partial charge in [0.1, 0.15) is 16.9 Å². The Labute approximate surface area is 176 Å². The van der Waals surface area contributed by atoms with Crippen LogP contribution < -0.4 is 10.1 Å². The van der Waals surface area contributed by atoms with E-state index in [0.717, 1.165) is 16.4 Å². The zero-order valence-electron chi connectivity index (χ0n) is 18.0. The molecule has 2 aromatic carbocycles. The summed E-state index contributed by atoms with van der Waals surface area (Å²) < 4.78 is 11.5. The molecule has 2 heterocycles. The Morgan fingerprint density at radius 1 is 1.07 bits per heavy atom. The van der Waals surface area contributed by atoms with Crippen molar-refractivity contribution < 1.29 is 18.7 Å². The molecule has 1 saturated heterocycles. The highest BCUT2D eigenvalue weighted by molar-refractivity contribution is 6.07. The summed E-state index contributed by atoms with van der Waals surface area (Å²) in [7, 11) is 1.59. The first-order valence-corrected chi connectivity index (χ1v) is 10.4. The number of anilines is 1. The summed E-state index contributed by atoms with van der Waals surface area (Å²) in [5, 5.41) is 4.98. The van der Waals surface area contributed by atoms with Crippen molar-refractivity contribution in [3.05, 3.63) is 36.4 Å². The molecule has 1 fully saturated rings. The van der Waals surface area contributed by atoms with E-state index in [2.05, 4.69) is 5.32 Å². The molecule has 0 aliphatic carbocycles. The van der Waals surface area contributed by atoms with Gasteiger partial charge >= 0.3 is 0 Å². The van der Waals surface area contributed by atoms with E-state index >= 15 is 0 Å². The molecule has 3 aromatic rings. The number of hydrogen-bond donors (Lipinski definition) is 1. The van der Waals surface area contributed by atoms with Crippen LogP contribution in [-0.4, -0.2) is 36.9 Å². The number of fused-ring (bicyclic) bond motifs is 3. The minimum Gasteiger partial charge on any atom is -0.495 e. The van der Waals surface area contributed by atoms with Crippen LogP contribution in [0.5, 0.6) is 5.75 Å². The molecule has 0 atom stereocenters. The van der Waals surface area contributed by atoms with Gasteiger partial charge < -0.3 is 19.4 Å². The largest absolute Gasteiger partial charge is 0.495 e. The lowest BCUT2D eigenvalue weighted by atomic mass is 9.90. The summed E-state index contributed by atoms with van der Waals surface area (Å²) in [5.74, 6) is 0.554. The van der Waals surface area contributed by atoms with Crippen molar-refractivity contribution in [2.45, 2.75) is 33.6 Å². The zero-order valence-corrected chi connectivity index (χ0v) is 18.0. The molecular weight excluding hydrogens is 380 g/mol. The third-order valence-electron chi connectivity index (χ3n) is 5.75. The lowest BCUT2D eigenvalue weighted by Crippen LogP contribution is -2.45. The van der Waals surface area contributed by atoms with Gasteiger partial charge in [-0.2, -0.15) is 0 Å². The molecular formula is C24H28N2O4. The van der Waals surface area contributed by atoms with Crippen LogP contribution in [0.1, 0.15) is 33.6 Å². The van der Waals surface area contributed by atoms with Gasteiger partial charge in [0.15, 0.2) is 0 Å². The number of carbonyl (C=O) groups is 2. The molecule has 6 heteroatoms. The van der Waals surface area contributed by atoms with E-state index in [1.54, 1.807) is 7.11 Å². The molecule has 1 aliphatic heterocycles. The quantitative estimate of drug-likeness (QED) is 0.675. The Bertz CT molecular complexity index is 1100. The maximum absolute atomic E-state index is 12.9. The predicted octanol–water partition coefficient (Wildman–Crippen LogP) is 4.82. The van der Waals surface area contributed by atoms with Gasteiger partial charge in [-0.1, -0.05) is 39.0 Å². The van der Waals surface area contributed by atoms with Gasteiger partial charge in [0.25, 0.3) is 0 Å². The molecule has 158 valence electrons. The number of furan rings is 1. The van der Waals surface area contributed by atoms with E-state index in [1.807, 2.05) is 62.1 Å². The van der Waals surface area contributed by atoms with Gasteiger partial charge in [0, 0.05) is 41.3 Å². The van der Waals surface area contributed by atoms with E-state index in [1.165, 1.54) is 0 Å². The molecule has 0 bridgehead atoms. The SMILES string of the molecule is COc1cc2c(cc1NC(=O)C1CCN(C(=O)C(C)(C)C)CC1)oc1ccccc12. The zero-order chi connectivity index (χ0) is 21.5. The van der Waals surface area contributed by atoms with E-state index in [4.69, 9.17) is 9.15 Å². The minimum absolute atomic E-state index is 0.0494. The summed E-state index contributed by atoms with van der Waals surface area (Å²) in [5.41, 5.74) is 1.71. The maximum atomic E-state index is 12.9. The van der Waals surface area contributed by atoms with E-state index in [-0.39, 0.29) is 17.7 Å². The number of nitrogens with zero attached hydrogens (tertiary/aromatic N) is 1. The fourth-order valence-electron chi connectivity index (χ4n) is 4.07. The molecule has 6 nitrogen and oxygen atoms in total. The van der Waals surface area contributed by atoms with Crippen LogP contribution in [0.15, 0.2) is 40.8 Å². The normalized spacial score (nSPS) is 15.5. The first kappa shape index (κ1) is 20.3. The number of piperidine rings is 1. The average molecular weight is 408 g/mol. The van der Waals surface area contributed by atoms with E-state index in [0.29, 0.717) is 43.0 Å². The molecule has 1 N–H and O–H groups in total. The fraction of sp³-hybridized carbons (Fsp3) is 0.417. The van der Waals surface area contributed by atoms with Crippen LogP contribution in [0.4, 0.5) is 5.69 Å². The van der Waals surface area contributed by atoms with Crippen LogP contribution >= 0.6 is 0 Å². The molecule has 2 amide bonds. The minimum atomic E-state index is -0.398. The topological polar surface area (TPSA) is 71.8 Å². The summed E-state index contributed by atoms with van der Waals surface area (Å²) in [4.78, 5) is 27.2. The van der Waals surface area contributed by atoms with Crippen molar-refractivity contribution >= 4 is 39.4 Å². The third-order valence-corrected chi connectivity index (χ3v) is 5.75. The molecule has 0 saturated carbocycles. The molecule has 1 aromatic heterocycles. The highest BCUT2D eigenvalue weighted by atomic mass is 16.5. The van der Waals surface area contributed by atoms with Gasteiger partial charge in [-0.3, -0.25) is 9.59 Å². The molecule has 0 spiro atoms. The highest BCUT2D eigenvalue weighted by Gasteiger charge is 2.32. The van der Waals surface area contributed by atoms with Gasteiger partial charge in [-0.15, -0.1) is 0 Å². The number of benzene rings is 2. The number of amides is 2. The molecule has 4 rings (SSSR count). The molecule has 0 radical (unpaired) electrons. The Balaban J connectivity index is 1.51. The summed E-state index contributed by atoms with van der Waals surface area (Å²) >= 11 is 0. The van der Waals surface area contributed by atoms with Crippen LogP contribution in [0.25, 0.3) is 21.9 Å². The van der Waals surface area contributed by atoms with Crippen LogP contribution in [0.3, 0.4) is 0 Å². The van der Waals surface area contributed by atoms with Crippen LogP contribution in [0.2, 0.25) is 0 Å². The maximum Gasteiger partial charge on any atom is 0.227 e. The Kier molecular flexibility index (Phi) is 5.18. The second-order valence-electron chi connectivity index (χ2n) is 8.95. The highest BCUT2D eigenvalue weighted by Crippen LogP contribution is 2.37. The van der Waals surface area contributed by atoms with Crippen molar-refractivity contribution in [3.63, 3.8) is 0 Å². The monoisotopic (exact) mass is 408 g/mol. The second-order valence-corrected chi connectivity index (χ2v) is 8.95. The van der Waals surface area contributed by atoms with Crippen molar-refractivity contribution in [3.8, 4) is 5.75 Å². The molecule has 0 unspecified atom stereocenters. The lowest BCUT2D eigenvalue weighted by Gasteiger charge is -2.35. The first-order chi connectivity index (χ1) is 14.3. The first-order valence-electron chi connectivity index (χ1n) is 10.4. The van der Waals surface area contributed by atoms with Crippen molar-refractivity contribution in [2.75, 3.05) is 25.5 Å². The number of carbonyl (C=O) groups excluding carboxylic acids is 2. The summed E-state index contributed by atoms with van der Waals surface area (Å²) in [6.07, 6.45) is 1.31. The van der Waals surface area contributed by atoms with Gasteiger partial charge in [-0.25, -0.2) is 0 Å². The van der Waals surface area contributed by atoms with Crippen molar-refractivity contribution in [1.82, 2.24) is 4.90 Å². The standard InChI is InChI=1S/C24H28N2O4/c1-24(2,3)23(28)26-11-9-15(10-12-26)22(27)25-18-14-20-17(13-21(18)29-4)16-7-5-6-8-19(16)30-20/h5-8,13-15H,9-12H2,1-4H3,(H,25,27). The average Bonchev–Trinajstić information content (AvgIpc) is 3.09. The number of ether oxygens (including phenoxy) is 1. The van der Waals surface area contributed by atoms with Gasteiger partial charge in [0.2, 0.25) is 11.8 Å². The summed E-state index contributed by atoms with van der Waals surface area (Å²) in [6, 6.07) is 11.6. The number of likely N-dealkylation sites (tertiary alicyclic amines) is 1. The number of hydrogen-bond acceptors (Lipinski definition) is 4. The Morgan fingerprint density at radius 3 is 2.43 bits per heavy atom. The lowest BCUT2D eigenvalue weighted by molar-refractivity contribution is -0.142. The fourth-order valence-corrected chi connectivity index (χ4v) is 4.07. The smallest absolute Gasteiger partial charge is 0.227 e. The number of para-hydroxylation sites is 1. The van der Waals surface area contributed by atoms with Gasteiger partial charge in [0.05, 0.1) is 12.8 Å². The second kappa shape index (κ2) is 7.67. The van der Waals surface area contributed by atoms with Crippen LogP contribution in [-0.2, 0) is 9.59 Å². The number of methoxy groups -OCH3 is 1.